The molecule has 0 atom stereocenters. The summed E-state index contributed by atoms with van der Waals surface area (Å²) in [5.74, 6) is 0. The Hall–Kier alpha value is -1.18. The van der Waals surface area contributed by atoms with E-state index in [1.165, 1.54) is 0 Å². The maximum Gasteiger partial charge on any atom is 0.0838 e. The van der Waals surface area contributed by atoms with Crippen LogP contribution in [0.15, 0.2) is 24.7 Å². The van der Waals surface area contributed by atoms with Gasteiger partial charge in [-0.1, -0.05) is 6.08 Å². The van der Waals surface area contributed by atoms with Crippen molar-refractivity contribution in [1.82, 2.24) is 9.97 Å². The Morgan fingerprint density at radius 3 is 2.80 bits per heavy atom. The minimum Gasteiger partial charge on any atom is -0.261 e. The van der Waals surface area contributed by atoms with Crippen molar-refractivity contribution in [2.75, 3.05) is 0 Å². The fraction of sp³-hybridized carbons (Fsp3) is 0.250. The van der Waals surface area contributed by atoms with Crippen molar-refractivity contribution in [2.24, 2.45) is 0 Å². The number of hydrogen-bond acceptors (Lipinski definition) is 2. The quantitative estimate of drug-likeness (QED) is 0.586. The van der Waals surface area contributed by atoms with Gasteiger partial charge in [0, 0.05) is 12.4 Å². The highest BCUT2D eigenvalue weighted by Gasteiger charge is 1.91. The highest BCUT2D eigenvalue weighted by Crippen LogP contribution is 2.06. The monoisotopic (exact) mass is 134 g/mol. The van der Waals surface area contributed by atoms with E-state index in [0.717, 1.165) is 11.3 Å². The van der Waals surface area contributed by atoms with Crippen molar-refractivity contribution < 1.29 is 0 Å². The van der Waals surface area contributed by atoms with Crippen molar-refractivity contribution in [3.8, 4) is 0 Å². The summed E-state index contributed by atoms with van der Waals surface area (Å²) in [4.78, 5) is 8.07. The summed E-state index contributed by atoms with van der Waals surface area (Å²) in [7, 11) is 0. The highest BCUT2D eigenvalue weighted by molar-refractivity contribution is 5.58. The zero-order valence-corrected chi connectivity index (χ0v) is 6.20. The first-order chi connectivity index (χ1) is 4.84. The Morgan fingerprint density at radius 1 is 1.50 bits per heavy atom. The molecule has 1 heterocycles. The number of hydrogen-bond donors (Lipinski definition) is 0. The molecule has 0 bridgehead atoms. The molecule has 0 unspecified atom stereocenters. The zero-order chi connectivity index (χ0) is 7.40. The van der Waals surface area contributed by atoms with Crippen LogP contribution in [0, 0.1) is 0 Å². The molecule has 1 aromatic heterocycles. The second kappa shape index (κ2) is 3.11. The normalized spacial score (nSPS) is 11.6. The molecule has 0 amide bonds. The Labute approximate surface area is 60.6 Å². The van der Waals surface area contributed by atoms with Gasteiger partial charge in [-0.25, -0.2) is 0 Å². The van der Waals surface area contributed by atoms with Gasteiger partial charge in [-0.05, 0) is 19.4 Å². The molecule has 0 saturated heterocycles. The summed E-state index contributed by atoms with van der Waals surface area (Å²) >= 11 is 0. The van der Waals surface area contributed by atoms with E-state index >= 15 is 0 Å². The van der Waals surface area contributed by atoms with E-state index in [4.69, 9.17) is 0 Å². The van der Waals surface area contributed by atoms with Gasteiger partial charge in [0.1, 0.15) is 0 Å². The van der Waals surface area contributed by atoms with Gasteiger partial charge in [0.2, 0.25) is 0 Å². The molecule has 2 heteroatoms. The van der Waals surface area contributed by atoms with Gasteiger partial charge in [0.05, 0.1) is 11.9 Å². The molecule has 0 fully saturated rings. The highest BCUT2D eigenvalue weighted by atomic mass is 14.8. The molecule has 0 aliphatic carbocycles. The Balaban J connectivity index is 2.96. The van der Waals surface area contributed by atoms with Crippen LogP contribution in [-0.2, 0) is 0 Å². The third kappa shape index (κ3) is 1.41. The van der Waals surface area contributed by atoms with E-state index in [1.54, 1.807) is 18.6 Å². The number of nitrogens with zero attached hydrogens (tertiary/aromatic N) is 2. The molecule has 0 saturated carbocycles. The van der Waals surface area contributed by atoms with E-state index in [-0.39, 0.29) is 0 Å². The van der Waals surface area contributed by atoms with Crippen molar-refractivity contribution in [3.63, 3.8) is 0 Å². The van der Waals surface area contributed by atoms with Gasteiger partial charge >= 0.3 is 0 Å². The Kier molecular flexibility index (Phi) is 2.15. The number of rotatable bonds is 1. The summed E-state index contributed by atoms with van der Waals surface area (Å²) in [6.07, 6.45) is 7.15. The summed E-state index contributed by atoms with van der Waals surface area (Å²) in [6.45, 7) is 4.01. The second-order valence-electron chi connectivity index (χ2n) is 2.06. The standard InChI is InChI=1S/C8H10N2/c1-3-7(2)8-6-9-4-5-10-8/h3-6H,1-2H3. The summed E-state index contributed by atoms with van der Waals surface area (Å²) in [5, 5.41) is 0. The lowest BCUT2D eigenvalue weighted by atomic mass is 10.2. The van der Waals surface area contributed by atoms with Crippen molar-refractivity contribution >= 4 is 5.57 Å². The fourth-order valence-electron chi connectivity index (χ4n) is 0.651. The molecule has 2 nitrogen and oxygen atoms in total. The van der Waals surface area contributed by atoms with Crippen molar-refractivity contribution in [3.05, 3.63) is 30.4 Å². The summed E-state index contributed by atoms with van der Waals surface area (Å²) < 4.78 is 0. The molecule has 0 radical (unpaired) electrons. The average molecular weight is 134 g/mol. The van der Waals surface area contributed by atoms with Crippen LogP contribution in [0.5, 0.6) is 0 Å². The summed E-state index contributed by atoms with van der Waals surface area (Å²) in [5.41, 5.74) is 2.11. The molecule has 1 aromatic rings. The Morgan fingerprint density at radius 2 is 2.30 bits per heavy atom. The van der Waals surface area contributed by atoms with Crippen molar-refractivity contribution in [2.45, 2.75) is 13.8 Å². The SMILES string of the molecule is CC=C(C)c1cnccn1. The summed E-state index contributed by atoms with van der Waals surface area (Å²) in [6, 6.07) is 0. The topological polar surface area (TPSA) is 25.8 Å². The molecule has 52 valence electrons. The number of allylic oxidation sites excluding steroid dienone is 2. The van der Waals surface area contributed by atoms with Gasteiger partial charge in [-0.15, -0.1) is 0 Å². The van der Waals surface area contributed by atoms with E-state index in [0.29, 0.717) is 0 Å². The molecule has 1 rings (SSSR count). The largest absolute Gasteiger partial charge is 0.261 e. The molecule has 0 aliphatic heterocycles. The molecule has 10 heavy (non-hydrogen) atoms. The van der Waals surface area contributed by atoms with Crippen LogP contribution >= 0.6 is 0 Å². The van der Waals surface area contributed by atoms with Crippen LogP contribution in [0.1, 0.15) is 19.5 Å². The van der Waals surface area contributed by atoms with E-state index in [2.05, 4.69) is 9.97 Å². The first-order valence-corrected chi connectivity index (χ1v) is 3.24. The van der Waals surface area contributed by atoms with Gasteiger partial charge in [-0.2, -0.15) is 0 Å². The van der Waals surface area contributed by atoms with Crippen molar-refractivity contribution in [1.29, 1.82) is 0 Å². The molecular weight excluding hydrogens is 124 g/mol. The smallest absolute Gasteiger partial charge is 0.0838 e. The van der Waals surface area contributed by atoms with Crippen LogP contribution in [0.3, 0.4) is 0 Å². The molecule has 0 aromatic carbocycles. The van der Waals surface area contributed by atoms with Gasteiger partial charge < -0.3 is 0 Å². The third-order valence-electron chi connectivity index (χ3n) is 1.40. The maximum absolute atomic E-state index is 4.12. The fourth-order valence-corrected chi connectivity index (χ4v) is 0.651. The lowest BCUT2D eigenvalue weighted by molar-refractivity contribution is 1.16. The molecule has 0 aliphatic rings. The maximum atomic E-state index is 4.12. The third-order valence-corrected chi connectivity index (χ3v) is 1.40. The van der Waals surface area contributed by atoms with E-state index in [1.807, 2.05) is 19.9 Å². The average Bonchev–Trinajstić information content (AvgIpc) is 2.05. The predicted molar refractivity (Wildman–Crippen MR) is 41.4 cm³/mol. The van der Waals surface area contributed by atoms with Crippen LogP contribution in [0.2, 0.25) is 0 Å². The second-order valence-corrected chi connectivity index (χ2v) is 2.06. The number of aromatic nitrogens is 2. The molecular formula is C8H10N2. The first kappa shape index (κ1) is 6.93. The van der Waals surface area contributed by atoms with Crippen LogP contribution in [0.4, 0.5) is 0 Å². The van der Waals surface area contributed by atoms with E-state index in [9.17, 15) is 0 Å². The minimum absolute atomic E-state index is 0.949. The van der Waals surface area contributed by atoms with E-state index < -0.39 is 0 Å². The van der Waals surface area contributed by atoms with Crippen LogP contribution in [-0.4, -0.2) is 9.97 Å². The van der Waals surface area contributed by atoms with Gasteiger partial charge in [-0.3, -0.25) is 9.97 Å². The first-order valence-electron chi connectivity index (χ1n) is 3.24. The molecule has 0 spiro atoms. The zero-order valence-electron chi connectivity index (χ0n) is 6.20. The lowest BCUT2D eigenvalue weighted by Crippen LogP contribution is -1.84. The predicted octanol–water partition coefficient (Wildman–Crippen LogP) is 1.90. The van der Waals surface area contributed by atoms with Gasteiger partial charge in [0.15, 0.2) is 0 Å². The van der Waals surface area contributed by atoms with Gasteiger partial charge in [0.25, 0.3) is 0 Å². The lowest BCUT2D eigenvalue weighted by Gasteiger charge is -1.95. The Bertz CT molecular complexity index is 226. The van der Waals surface area contributed by atoms with Crippen LogP contribution in [0.25, 0.3) is 5.57 Å². The van der Waals surface area contributed by atoms with Crippen LogP contribution < -0.4 is 0 Å². The molecule has 0 N–H and O–H groups in total. The minimum atomic E-state index is 0.949.